The van der Waals surface area contributed by atoms with Gasteiger partial charge in [0.25, 0.3) is 0 Å². The van der Waals surface area contributed by atoms with Crippen LogP contribution in [0.4, 0.5) is 0 Å². The highest BCUT2D eigenvalue weighted by atomic mass is 16.7. The Hall–Kier alpha value is -5.40. The van der Waals surface area contributed by atoms with E-state index in [0.717, 1.165) is 180 Å². The van der Waals surface area contributed by atoms with Crippen molar-refractivity contribution in [2.75, 3.05) is 13.2 Å². The Kier molecular flexibility index (Phi) is 53.8. The number of carbonyl (C=O) groups is 4. The van der Waals surface area contributed by atoms with E-state index in [1.165, 1.54) is 0 Å². The smallest absolute Gasteiger partial charge is 0.335 e. The molecule has 1 fully saturated rings. The van der Waals surface area contributed by atoms with Crippen LogP contribution in [0.1, 0.15) is 239 Å². The lowest BCUT2D eigenvalue weighted by atomic mass is 9.98. The number of unbranched alkanes of at least 4 members (excludes halogenated alkanes) is 16. The van der Waals surface area contributed by atoms with Gasteiger partial charge in [0.15, 0.2) is 24.6 Å². The lowest BCUT2D eigenvalue weighted by Crippen LogP contribution is -2.61. The van der Waals surface area contributed by atoms with Crippen molar-refractivity contribution >= 4 is 23.9 Å². The number of aliphatic hydroxyl groups excluding tert-OH is 2. The summed E-state index contributed by atoms with van der Waals surface area (Å²) in [5.41, 5.74) is 0. The minimum atomic E-state index is -1.93. The van der Waals surface area contributed by atoms with Gasteiger partial charge in [-0.15, -0.1) is 0 Å². The molecule has 1 rings (SSSR count). The Morgan fingerprint density at radius 3 is 1.07 bits per heavy atom. The SMILES string of the molecule is CC/C=C\C/C=C\C/C=C\C/C=C\CCCCCCCCC(=O)OCC(COC1OC(C(=O)O)C(O)C(O)C1OC(=O)CCCCCC/C=C\C/C=C\C/C=C\C/C=C\CC)OC(=O)CCCCCCCC/C=C\C/C=C\C/C=C\C/C=C\CC. The van der Waals surface area contributed by atoms with Crippen LogP contribution in [0, 0.1) is 0 Å². The monoisotopic (exact) mass is 1180 g/mol. The molecule has 6 unspecified atom stereocenters. The number of carbonyl (C=O) groups excluding carboxylic acids is 3. The first-order valence-electron chi connectivity index (χ1n) is 32.8. The fourth-order valence-corrected chi connectivity index (χ4v) is 8.99. The molecule has 0 aliphatic carbocycles. The molecule has 0 aromatic carbocycles. The normalized spacial score (nSPS) is 18.4. The molecule has 0 amide bonds. The molecule has 12 heteroatoms. The van der Waals surface area contributed by atoms with E-state index in [9.17, 15) is 34.5 Å². The second-order valence-electron chi connectivity index (χ2n) is 21.6. The highest BCUT2D eigenvalue weighted by Gasteiger charge is 2.50. The predicted molar refractivity (Wildman–Crippen MR) is 349 cm³/mol. The third-order valence-corrected chi connectivity index (χ3v) is 13.9. The van der Waals surface area contributed by atoms with Gasteiger partial charge in [-0.2, -0.15) is 0 Å². The van der Waals surface area contributed by atoms with E-state index < -0.39 is 67.3 Å². The maximum Gasteiger partial charge on any atom is 0.335 e. The van der Waals surface area contributed by atoms with Crippen molar-refractivity contribution in [2.45, 2.75) is 276 Å². The van der Waals surface area contributed by atoms with Crippen molar-refractivity contribution < 1.29 is 58.2 Å². The predicted octanol–water partition coefficient (Wildman–Crippen LogP) is 17.9. The molecule has 1 aliphatic rings. The Morgan fingerprint density at radius 2 is 0.706 bits per heavy atom. The average molecular weight is 1180 g/mol. The summed E-state index contributed by atoms with van der Waals surface area (Å²) < 4.78 is 28.5. The number of esters is 3. The Labute approximate surface area is 514 Å². The van der Waals surface area contributed by atoms with Crippen molar-refractivity contribution in [1.29, 1.82) is 0 Å². The van der Waals surface area contributed by atoms with Crippen LogP contribution < -0.4 is 0 Å². The van der Waals surface area contributed by atoms with Gasteiger partial charge < -0.3 is 39.0 Å². The summed E-state index contributed by atoms with van der Waals surface area (Å²) in [5.74, 6) is -3.20. The minimum Gasteiger partial charge on any atom is -0.479 e. The molecule has 478 valence electrons. The van der Waals surface area contributed by atoms with Crippen molar-refractivity contribution in [3.63, 3.8) is 0 Å². The Morgan fingerprint density at radius 1 is 0.388 bits per heavy atom. The maximum absolute atomic E-state index is 13.2. The molecular weight excluding hydrogens is 1070 g/mol. The number of hydrogen-bond acceptors (Lipinski definition) is 11. The van der Waals surface area contributed by atoms with Crippen molar-refractivity contribution in [3.05, 3.63) is 146 Å². The summed E-state index contributed by atoms with van der Waals surface area (Å²) in [5, 5.41) is 31.6. The number of hydrogen-bond donors (Lipinski definition) is 3. The van der Waals surface area contributed by atoms with Gasteiger partial charge in [0.2, 0.25) is 0 Å². The van der Waals surface area contributed by atoms with Crippen LogP contribution in [0.2, 0.25) is 0 Å². The zero-order valence-corrected chi connectivity index (χ0v) is 52.8. The van der Waals surface area contributed by atoms with E-state index in [4.69, 9.17) is 23.7 Å². The number of allylic oxidation sites excluding steroid dienone is 24. The molecule has 0 spiro atoms. The van der Waals surface area contributed by atoms with Crippen LogP contribution in [-0.2, 0) is 42.9 Å². The van der Waals surface area contributed by atoms with Crippen LogP contribution in [0.25, 0.3) is 0 Å². The van der Waals surface area contributed by atoms with Crippen LogP contribution in [0.15, 0.2) is 146 Å². The van der Waals surface area contributed by atoms with Gasteiger partial charge in [-0.25, -0.2) is 4.79 Å². The molecule has 3 N–H and O–H groups in total. The number of carboxylic acid groups (broad SMARTS) is 1. The lowest BCUT2D eigenvalue weighted by Gasteiger charge is -2.40. The maximum atomic E-state index is 13.2. The first-order chi connectivity index (χ1) is 41.6. The van der Waals surface area contributed by atoms with Crippen LogP contribution >= 0.6 is 0 Å². The second kappa shape index (κ2) is 59.0. The standard InChI is InChI=1S/C73H114O12/c1-4-7-10-13-16-19-22-25-28-31-33-36-38-41-44-47-50-53-56-59-65(74)81-62-64(83-66(75)60-57-54-51-48-45-42-40-37-34-32-29-26-23-20-17-14-11-8-5-2)63-82-73-71(69(78)68(77)70(85-73)72(79)80)84-67(76)61-58-55-52-49-46-43-39-35-30-27-24-21-18-15-12-9-6-3/h7-12,16-21,25-30,33-34,36-37,39,43,64,68-71,73,77-78H,4-6,13-15,22-24,31-32,35,38,40-42,44-63H2,1-3H3,(H,79,80)/b10-7-,11-8-,12-9-,19-16-,20-17-,21-18-,28-25-,29-26-,30-27-,36-33-,37-34-,43-39-. The van der Waals surface area contributed by atoms with Crippen molar-refractivity contribution in [2.24, 2.45) is 0 Å². The largest absolute Gasteiger partial charge is 0.479 e. The van der Waals surface area contributed by atoms with E-state index >= 15 is 0 Å². The van der Waals surface area contributed by atoms with E-state index in [0.29, 0.717) is 19.3 Å². The number of carboxylic acids is 1. The number of aliphatic carboxylic acids is 1. The second-order valence-corrected chi connectivity index (χ2v) is 21.6. The van der Waals surface area contributed by atoms with Crippen LogP contribution in [0.5, 0.6) is 0 Å². The summed E-state index contributed by atoms with van der Waals surface area (Å²) in [7, 11) is 0. The highest BCUT2D eigenvalue weighted by Crippen LogP contribution is 2.26. The fraction of sp³-hybridized carbons (Fsp3) is 0.616. The van der Waals surface area contributed by atoms with Gasteiger partial charge >= 0.3 is 23.9 Å². The van der Waals surface area contributed by atoms with Gasteiger partial charge in [0, 0.05) is 19.3 Å². The molecule has 85 heavy (non-hydrogen) atoms. The summed E-state index contributed by atoms with van der Waals surface area (Å²) in [6, 6.07) is 0. The van der Waals surface area contributed by atoms with Gasteiger partial charge in [-0.1, -0.05) is 231 Å². The molecule has 0 bridgehead atoms. The quantitative estimate of drug-likeness (QED) is 0.0228. The van der Waals surface area contributed by atoms with E-state index in [2.05, 4.69) is 167 Å². The summed E-state index contributed by atoms with van der Waals surface area (Å²) in [4.78, 5) is 51.4. The molecule has 0 aromatic rings. The molecule has 0 aromatic heterocycles. The van der Waals surface area contributed by atoms with Gasteiger partial charge in [0.1, 0.15) is 18.8 Å². The fourth-order valence-electron chi connectivity index (χ4n) is 8.99. The molecule has 6 atom stereocenters. The zero-order valence-electron chi connectivity index (χ0n) is 52.8. The molecule has 0 radical (unpaired) electrons. The number of ether oxygens (including phenoxy) is 5. The number of aliphatic hydroxyl groups is 2. The molecule has 1 aliphatic heterocycles. The molecule has 0 saturated carbocycles. The summed E-state index contributed by atoms with van der Waals surface area (Å²) in [6.45, 7) is 5.63. The Balaban J connectivity index is 2.71. The summed E-state index contributed by atoms with van der Waals surface area (Å²) >= 11 is 0. The van der Waals surface area contributed by atoms with E-state index in [1.807, 2.05) is 0 Å². The third-order valence-electron chi connectivity index (χ3n) is 13.9. The average Bonchev–Trinajstić information content (AvgIpc) is 3.46. The number of rotatable bonds is 54. The molecule has 12 nitrogen and oxygen atoms in total. The minimum absolute atomic E-state index is 0.0211. The zero-order chi connectivity index (χ0) is 61.7. The first kappa shape index (κ1) is 77.6. The Bertz CT molecular complexity index is 2030. The van der Waals surface area contributed by atoms with E-state index in [-0.39, 0.29) is 25.9 Å². The highest BCUT2D eigenvalue weighted by molar-refractivity contribution is 5.74. The van der Waals surface area contributed by atoms with Crippen LogP contribution in [0.3, 0.4) is 0 Å². The molecule has 1 heterocycles. The van der Waals surface area contributed by atoms with Crippen molar-refractivity contribution in [1.82, 2.24) is 0 Å². The summed E-state index contributed by atoms with van der Waals surface area (Å²) in [6.07, 6.45) is 72.2. The molecule has 1 saturated heterocycles. The van der Waals surface area contributed by atoms with Crippen molar-refractivity contribution in [3.8, 4) is 0 Å². The van der Waals surface area contributed by atoms with Crippen LogP contribution in [-0.4, -0.2) is 89.2 Å². The molecular formula is C73H114O12. The van der Waals surface area contributed by atoms with Gasteiger partial charge in [-0.3, -0.25) is 14.4 Å². The lowest BCUT2D eigenvalue weighted by molar-refractivity contribution is -0.301. The van der Waals surface area contributed by atoms with Gasteiger partial charge in [-0.05, 0) is 135 Å². The topological polar surface area (TPSA) is 175 Å². The third kappa shape index (κ3) is 48.4. The van der Waals surface area contributed by atoms with Gasteiger partial charge in [0.05, 0.1) is 6.61 Å². The van der Waals surface area contributed by atoms with E-state index in [1.54, 1.807) is 0 Å². The first-order valence-corrected chi connectivity index (χ1v) is 32.8.